The third-order valence-corrected chi connectivity index (χ3v) is 4.97. The van der Waals surface area contributed by atoms with E-state index in [0.717, 1.165) is 5.56 Å². The van der Waals surface area contributed by atoms with Gasteiger partial charge in [0.15, 0.2) is 0 Å². The van der Waals surface area contributed by atoms with Crippen LogP contribution in [0.5, 0.6) is 5.75 Å². The lowest BCUT2D eigenvalue weighted by Crippen LogP contribution is -2.23. The molecule has 3 aromatic rings. The van der Waals surface area contributed by atoms with Crippen molar-refractivity contribution in [2.24, 2.45) is 0 Å². The lowest BCUT2D eigenvalue weighted by atomic mass is 10.2. The highest BCUT2D eigenvalue weighted by atomic mass is 32.2. The molecule has 0 saturated carbocycles. The number of ether oxygens (including phenoxy) is 1. The van der Waals surface area contributed by atoms with Crippen LogP contribution in [0.4, 0.5) is 5.69 Å². The molecule has 3 rings (SSSR count). The fourth-order valence-electron chi connectivity index (χ4n) is 2.45. The quantitative estimate of drug-likeness (QED) is 0.641. The van der Waals surface area contributed by atoms with Gasteiger partial charge in [-0.15, -0.1) is 5.10 Å². The van der Waals surface area contributed by atoms with Crippen molar-refractivity contribution >= 4 is 23.4 Å². The van der Waals surface area contributed by atoms with Gasteiger partial charge in [0.25, 0.3) is 0 Å². The smallest absolute Gasteiger partial charge is 0.237 e. The zero-order chi connectivity index (χ0) is 20.1. The predicted molar refractivity (Wildman–Crippen MR) is 106 cm³/mol. The number of tetrazole rings is 1. The maximum atomic E-state index is 12.5. The summed E-state index contributed by atoms with van der Waals surface area (Å²) in [6.45, 7) is 3.74. The van der Waals surface area contributed by atoms with Crippen LogP contribution in [-0.4, -0.2) is 38.5 Å². The standard InChI is InChI=1S/C19H18N6O2S/c1-12-4-9-17(27-3)16(10-12)25-19(22-23-24-25)28-13(2)18(26)21-15-7-5-14(11-20)6-8-15/h4-10,13H,1-3H3,(H,21,26)/t13-/m0/s1. The minimum Gasteiger partial charge on any atom is -0.494 e. The molecule has 1 atom stereocenters. The molecule has 2 aromatic carbocycles. The van der Waals surface area contributed by atoms with E-state index in [1.165, 1.54) is 11.8 Å². The molecule has 0 aliphatic heterocycles. The lowest BCUT2D eigenvalue weighted by molar-refractivity contribution is -0.115. The van der Waals surface area contributed by atoms with Crippen molar-refractivity contribution in [3.8, 4) is 17.5 Å². The van der Waals surface area contributed by atoms with E-state index in [2.05, 4.69) is 20.8 Å². The van der Waals surface area contributed by atoms with E-state index in [1.54, 1.807) is 43.0 Å². The summed E-state index contributed by atoms with van der Waals surface area (Å²) in [5.41, 5.74) is 2.90. The number of amides is 1. The van der Waals surface area contributed by atoms with Gasteiger partial charge in [0.05, 0.1) is 24.0 Å². The number of rotatable bonds is 6. The minimum atomic E-state index is -0.448. The molecule has 1 heterocycles. The highest BCUT2D eigenvalue weighted by molar-refractivity contribution is 8.00. The number of carbonyl (C=O) groups is 1. The van der Waals surface area contributed by atoms with E-state index >= 15 is 0 Å². The van der Waals surface area contributed by atoms with Gasteiger partial charge in [-0.25, -0.2) is 0 Å². The summed E-state index contributed by atoms with van der Waals surface area (Å²) < 4.78 is 6.96. The third-order valence-electron chi connectivity index (χ3n) is 3.94. The molecule has 0 radical (unpaired) electrons. The second-order valence-electron chi connectivity index (χ2n) is 5.99. The van der Waals surface area contributed by atoms with Crippen LogP contribution >= 0.6 is 11.8 Å². The zero-order valence-corrected chi connectivity index (χ0v) is 16.4. The van der Waals surface area contributed by atoms with Gasteiger partial charge in [-0.3, -0.25) is 4.79 Å². The summed E-state index contributed by atoms with van der Waals surface area (Å²) in [4.78, 5) is 12.5. The van der Waals surface area contributed by atoms with Crippen LogP contribution in [0.25, 0.3) is 5.69 Å². The van der Waals surface area contributed by atoms with E-state index in [4.69, 9.17) is 10.00 Å². The molecule has 8 nitrogen and oxygen atoms in total. The molecular weight excluding hydrogens is 376 g/mol. The van der Waals surface area contributed by atoms with Crippen LogP contribution in [0.15, 0.2) is 47.6 Å². The number of hydrogen-bond donors (Lipinski definition) is 1. The molecule has 0 saturated heterocycles. The number of nitrogens with zero attached hydrogens (tertiary/aromatic N) is 5. The molecule has 0 fully saturated rings. The van der Waals surface area contributed by atoms with Gasteiger partial charge in [0.2, 0.25) is 11.1 Å². The number of aryl methyl sites for hydroxylation is 1. The fraction of sp³-hybridized carbons (Fsp3) is 0.211. The van der Waals surface area contributed by atoms with Gasteiger partial charge in [-0.1, -0.05) is 17.8 Å². The molecular formula is C19H18N6O2S. The minimum absolute atomic E-state index is 0.194. The molecule has 1 aromatic heterocycles. The number of benzene rings is 2. The summed E-state index contributed by atoms with van der Waals surface area (Å²) in [5, 5.41) is 23.5. The van der Waals surface area contributed by atoms with Crippen molar-refractivity contribution < 1.29 is 9.53 Å². The van der Waals surface area contributed by atoms with Gasteiger partial charge in [-0.05, 0) is 66.2 Å². The van der Waals surface area contributed by atoms with Crippen molar-refractivity contribution in [2.45, 2.75) is 24.3 Å². The second kappa shape index (κ2) is 8.54. The van der Waals surface area contributed by atoms with E-state index in [9.17, 15) is 4.79 Å². The van der Waals surface area contributed by atoms with Crippen molar-refractivity contribution in [1.82, 2.24) is 20.2 Å². The third kappa shape index (κ3) is 4.29. The second-order valence-corrected chi connectivity index (χ2v) is 7.30. The van der Waals surface area contributed by atoms with E-state index in [-0.39, 0.29) is 5.91 Å². The van der Waals surface area contributed by atoms with Crippen molar-refractivity contribution in [1.29, 1.82) is 5.26 Å². The number of anilines is 1. The fourth-order valence-corrected chi connectivity index (χ4v) is 3.25. The largest absolute Gasteiger partial charge is 0.494 e. The Morgan fingerprint density at radius 2 is 2.04 bits per heavy atom. The summed E-state index contributed by atoms with van der Waals surface area (Å²) >= 11 is 1.24. The van der Waals surface area contributed by atoms with Gasteiger partial charge < -0.3 is 10.1 Å². The zero-order valence-electron chi connectivity index (χ0n) is 15.6. The SMILES string of the molecule is COc1ccc(C)cc1-n1nnnc1S[C@@H](C)C(=O)Nc1ccc(C#N)cc1. The first-order valence-corrected chi connectivity index (χ1v) is 9.31. The van der Waals surface area contributed by atoms with Crippen LogP contribution in [0, 0.1) is 18.3 Å². The lowest BCUT2D eigenvalue weighted by Gasteiger charge is -2.13. The number of methoxy groups -OCH3 is 1. The molecule has 0 aliphatic carbocycles. The summed E-state index contributed by atoms with van der Waals surface area (Å²) in [6.07, 6.45) is 0. The Balaban J connectivity index is 1.76. The Labute approximate surface area is 166 Å². The van der Waals surface area contributed by atoms with Crippen LogP contribution in [0.1, 0.15) is 18.1 Å². The molecule has 142 valence electrons. The Bertz CT molecular complexity index is 1030. The molecule has 1 amide bonds. The van der Waals surface area contributed by atoms with Gasteiger partial charge >= 0.3 is 0 Å². The van der Waals surface area contributed by atoms with Gasteiger partial charge in [0.1, 0.15) is 11.4 Å². The molecule has 9 heteroatoms. The average molecular weight is 394 g/mol. The summed E-state index contributed by atoms with van der Waals surface area (Å²) in [5.74, 6) is 0.440. The predicted octanol–water partition coefficient (Wildman–Crippen LogP) is 2.97. The van der Waals surface area contributed by atoms with Crippen LogP contribution < -0.4 is 10.1 Å². The normalized spacial score (nSPS) is 11.5. The van der Waals surface area contributed by atoms with Gasteiger partial charge in [0, 0.05) is 5.69 Å². The molecule has 1 N–H and O–H groups in total. The number of hydrogen-bond acceptors (Lipinski definition) is 7. The average Bonchev–Trinajstić information content (AvgIpc) is 3.16. The Kier molecular flexibility index (Phi) is 5.91. The highest BCUT2D eigenvalue weighted by Gasteiger charge is 2.21. The van der Waals surface area contributed by atoms with E-state index < -0.39 is 5.25 Å². The van der Waals surface area contributed by atoms with Crippen molar-refractivity contribution in [3.05, 3.63) is 53.6 Å². The number of nitrogens with one attached hydrogen (secondary N) is 1. The first kappa shape index (κ1) is 19.4. The first-order chi connectivity index (χ1) is 13.5. The maximum absolute atomic E-state index is 12.5. The Hall–Kier alpha value is -3.38. The molecule has 0 bridgehead atoms. The number of aromatic nitrogens is 4. The van der Waals surface area contributed by atoms with Crippen molar-refractivity contribution in [2.75, 3.05) is 12.4 Å². The Morgan fingerprint density at radius 1 is 1.29 bits per heavy atom. The van der Waals surface area contributed by atoms with Crippen LogP contribution in [0.2, 0.25) is 0 Å². The highest BCUT2D eigenvalue weighted by Crippen LogP contribution is 2.29. The van der Waals surface area contributed by atoms with E-state index in [1.807, 2.05) is 31.2 Å². The summed E-state index contributed by atoms with van der Waals surface area (Å²) in [7, 11) is 1.58. The maximum Gasteiger partial charge on any atom is 0.237 e. The molecule has 0 spiro atoms. The summed E-state index contributed by atoms with van der Waals surface area (Å²) in [6, 6.07) is 14.4. The Morgan fingerprint density at radius 3 is 2.71 bits per heavy atom. The monoisotopic (exact) mass is 394 g/mol. The number of nitriles is 1. The molecule has 0 unspecified atom stereocenters. The number of carbonyl (C=O) groups excluding carboxylic acids is 1. The first-order valence-electron chi connectivity index (χ1n) is 8.43. The molecule has 0 aliphatic rings. The number of thioether (sulfide) groups is 1. The molecule has 28 heavy (non-hydrogen) atoms. The van der Waals surface area contributed by atoms with E-state index in [0.29, 0.717) is 27.8 Å². The topological polar surface area (TPSA) is 106 Å². The van der Waals surface area contributed by atoms with Crippen molar-refractivity contribution in [3.63, 3.8) is 0 Å². The van der Waals surface area contributed by atoms with Crippen LogP contribution in [-0.2, 0) is 4.79 Å². The van der Waals surface area contributed by atoms with Crippen LogP contribution in [0.3, 0.4) is 0 Å². The van der Waals surface area contributed by atoms with Gasteiger partial charge in [-0.2, -0.15) is 9.94 Å².